The number of carbonyl (C=O) groups is 2. The van der Waals surface area contributed by atoms with Gasteiger partial charge in [-0.3, -0.25) is 14.6 Å². The Labute approximate surface area is 258 Å². The number of sulfonamides is 2. The second-order valence-electron chi connectivity index (χ2n) is 9.18. The van der Waals surface area contributed by atoms with E-state index in [2.05, 4.69) is 41.9 Å². The zero-order valence-electron chi connectivity index (χ0n) is 23.9. The summed E-state index contributed by atoms with van der Waals surface area (Å²) in [5.41, 5.74) is 0.773. The number of rotatable bonds is 16. The summed E-state index contributed by atoms with van der Waals surface area (Å²) in [7, 11) is -7.67. The van der Waals surface area contributed by atoms with Crippen LogP contribution < -0.4 is 10.6 Å². The fourth-order valence-corrected chi connectivity index (χ4v) is 6.73. The Hall–Kier alpha value is -4.69. The molecule has 0 saturated heterocycles. The minimum atomic E-state index is -3.84. The van der Waals surface area contributed by atoms with E-state index >= 15 is 0 Å². The molecule has 44 heavy (non-hydrogen) atoms. The Kier molecular flexibility index (Phi) is 11.6. The van der Waals surface area contributed by atoms with Gasteiger partial charge in [0, 0.05) is 43.5 Å². The molecule has 0 spiro atoms. The standard InChI is InChI=1S/C31H33N5O6S2/c1-5-19-35(20-6-2)43(39,40)26-13-9-24(10-14-26)30(37)33-28-17-18-32-23-29(28)34-31(38)25-11-15-27(16-12-25)44(41,42)36(21-7-3)22-8-4/h5-18,23H,1-4,19-22H2,(H,34,38)(H,32,33,37). The molecule has 13 heteroatoms. The largest absolute Gasteiger partial charge is 0.320 e. The summed E-state index contributed by atoms with van der Waals surface area (Å²) < 4.78 is 54.2. The highest BCUT2D eigenvalue weighted by Crippen LogP contribution is 2.23. The molecule has 3 rings (SSSR count). The Morgan fingerprint density at radius 1 is 0.614 bits per heavy atom. The fourth-order valence-electron chi connectivity index (χ4n) is 3.96. The van der Waals surface area contributed by atoms with Gasteiger partial charge in [0.1, 0.15) is 0 Å². The van der Waals surface area contributed by atoms with E-state index in [4.69, 9.17) is 0 Å². The number of amides is 2. The topological polar surface area (TPSA) is 146 Å². The molecule has 0 saturated carbocycles. The van der Waals surface area contributed by atoms with Crippen LogP contribution in [0.25, 0.3) is 0 Å². The normalized spacial score (nSPS) is 11.5. The first kappa shape index (κ1) is 33.8. The predicted octanol–water partition coefficient (Wildman–Crippen LogP) is 4.31. The van der Waals surface area contributed by atoms with Gasteiger partial charge in [0.15, 0.2) is 0 Å². The Morgan fingerprint density at radius 2 is 0.977 bits per heavy atom. The minimum absolute atomic E-state index is 0.0000161. The lowest BCUT2D eigenvalue weighted by Gasteiger charge is -2.19. The number of carbonyl (C=O) groups excluding carboxylic acids is 2. The van der Waals surface area contributed by atoms with Crippen molar-refractivity contribution < 1.29 is 26.4 Å². The van der Waals surface area contributed by atoms with Gasteiger partial charge in [0.05, 0.1) is 27.4 Å². The molecule has 0 radical (unpaired) electrons. The number of anilines is 2. The Bertz CT molecular complexity index is 1600. The van der Waals surface area contributed by atoms with E-state index in [1.807, 2.05) is 0 Å². The minimum Gasteiger partial charge on any atom is -0.320 e. The highest BCUT2D eigenvalue weighted by atomic mass is 32.2. The maximum Gasteiger partial charge on any atom is 0.255 e. The average molecular weight is 636 g/mol. The predicted molar refractivity (Wildman–Crippen MR) is 171 cm³/mol. The van der Waals surface area contributed by atoms with Gasteiger partial charge in [-0.15, -0.1) is 26.3 Å². The van der Waals surface area contributed by atoms with E-state index in [0.29, 0.717) is 0 Å². The molecule has 3 aromatic rings. The highest BCUT2D eigenvalue weighted by Gasteiger charge is 2.24. The lowest BCUT2D eigenvalue weighted by atomic mass is 10.2. The number of pyridine rings is 1. The van der Waals surface area contributed by atoms with Gasteiger partial charge in [-0.2, -0.15) is 8.61 Å². The van der Waals surface area contributed by atoms with E-state index in [0.717, 1.165) is 0 Å². The average Bonchev–Trinajstić information content (AvgIpc) is 3.01. The van der Waals surface area contributed by atoms with Crippen LogP contribution in [-0.2, 0) is 20.0 Å². The number of aromatic nitrogens is 1. The Balaban J connectivity index is 1.75. The summed E-state index contributed by atoms with van der Waals surface area (Å²) in [5, 5.41) is 5.36. The molecule has 0 unspecified atom stereocenters. The van der Waals surface area contributed by atoms with Crippen molar-refractivity contribution in [3.63, 3.8) is 0 Å². The summed E-state index contributed by atoms with van der Waals surface area (Å²) in [4.78, 5) is 30.0. The van der Waals surface area contributed by atoms with Gasteiger partial charge >= 0.3 is 0 Å². The van der Waals surface area contributed by atoms with Gasteiger partial charge < -0.3 is 10.6 Å². The van der Waals surface area contributed by atoms with Gasteiger partial charge in [-0.1, -0.05) is 24.3 Å². The third-order valence-electron chi connectivity index (χ3n) is 6.16. The first-order chi connectivity index (χ1) is 21.0. The number of nitrogens with one attached hydrogen (secondary N) is 2. The maximum absolute atomic E-state index is 13.0. The highest BCUT2D eigenvalue weighted by molar-refractivity contribution is 7.89. The molecule has 0 aliphatic carbocycles. The van der Waals surface area contributed by atoms with Crippen molar-refractivity contribution in [2.24, 2.45) is 0 Å². The number of hydrogen-bond acceptors (Lipinski definition) is 7. The summed E-state index contributed by atoms with van der Waals surface area (Å²) in [6.07, 6.45) is 8.64. The van der Waals surface area contributed by atoms with E-state index in [1.54, 1.807) is 0 Å². The molecular weight excluding hydrogens is 603 g/mol. The van der Waals surface area contributed by atoms with Crippen molar-refractivity contribution in [2.75, 3.05) is 36.8 Å². The smallest absolute Gasteiger partial charge is 0.255 e. The lowest BCUT2D eigenvalue weighted by molar-refractivity contribution is 0.101. The molecule has 2 aromatic carbocycles. The van der Waals surface area contributed by atoms with E-state index in [1.165, 1.54) is 99.9 Å². The van der Waals surface area contributed by atoms with Crippen LogP contribution in [-0.4, -0.2) is 68.4 Å². The number of nitrogens with zero attached hydrogens (tertiary/aromatic N) is 3. The van der Waals surface area contributed by atoms with Crippen LogP contribution in [0, 0.1) is 0 Å². The number of hydrogen-bond donors (Lipinski definition) is 2. The summed E-state index contributed by atoms with van der Waals surface area (Å²) in [6.45, 7) is 14.7. The van der Waals surface area contributed by atoms with E-state index < -0.39 is 31.9 Å². The summed E-state index contributed by atoms with van der Waals surface area (Å²) in [5.74, 6) is -1.12. The van der Waals surface area contributed by atoms with Gasteiger partial charge in [0.25, 0.3) is 11.8 Å². The Morgan fingerprint density at radius 3 is 1.34 bits per heavy atom. The molecule has 0 aliphatic heterocycles. The molecule has 1 heterocycles. The molecule has 2 N–H and O–H groups in total. The van der Waals surface area contributed by atoms with Crippen molar-refractivity contribution in [1.29, 1.82) is 0 Å². The van der Waals surface area contributed by atoms with Crippen LogP contribution in [0.2, 0.25) is 0 Å². The van der Waals surface area contributed by atoms with Crippen LogP contribution in [0.5, 0.6) is 0 Å². The monoisotopic (exact) mass is 635 g/mol. The van der Waals surface area contributed by atoms with Crippen LogP contribution in [0.1, 0.15) is 20.7 Å². The zero-order valence-corrected chi connectivity index (χ0v) is 25.6. The van der Waals surface area contributed by atoms with Crippen LogP contribution in [0.3, 0.4) is 0 Å². The van der Waals surface area contributed by atoms with Crippen molar-refractivity contribution in [2.45, 2.75) is 9.79 Å². The van der Waals surface area contributed by atoms with Crippen molar-refractivity contribution in [3.8, 4) is 0 Å². The molecule has 2 amide bonds. The maximum atomic E-state index is 13.0. The molecule has 0 bridgehead atoms. The molecular formula is C31H33N5O6S2. The van der Waals surface area contributed by atoms with Gasteiger partial charge in [-0.05, 0) is 54.6 Å². The van der Waals surface area contributed by atoms with Gasteiger partial charge in [0.2, 0.25) is 20.0 Å². The number of benzene rings is 2. The molecule has 0 fully saturated rings. The second kappa shape index (κ2) is 15.2. The van der Waals surface area contributed by atoms with E-state index in [9.17, 15) is 26.4 Å². The van der Waals surface area contributed by atoms with Crippen molar-refractivity contribution in [1.82, 2.24) is 13.6 Å². The third-order valence-corrected chi connectivity index (χ3v) is 9.85. The first-order valence-corrected chi connectivity index (χ1v) is 16.1. The van der Waals surface area contributed by atoms with Crippen LogP contribution in [0.4, 0.5) is 11.4 Å². The SMILES string of the molecule is C=CCN(CC=C)S(=O)(=O)c1ccc(C(=O)Nc2ccncc2NC(=O)c2ccc(S(=O)(=O)N(CC=C)CC=C)cc2)cc1. The van der Waals surface area contributed by atoms with E-state index in [-0.39, 0.29) is 58.5 Å². The second-order valence-corrected chi connectivity index (χ2v) is 13.1. The third kappa shape index (κ3) is 8.02. The molecule has 11 nitrogen and oxygen atoms in total. The molecule has 0 atom stereocenters. The fraction of sp³-hybridized carbons (Fsp3) is 0.129. The van der Waals surface area contributed by atoms with Crippen molar-refractivity contribution in [3.05, 3.63) is 129 Å². The van der Waals surface area contributed by atoms with Crippen LogP contribution in [0.15, 0.2) is 127 Å². The van der Waals surface area contributed by atoms with Gasteiger partial charge in [-0.25, -0.2) is 16.8 Å². The van der Waals surface area contributed by atoms with Crippen LogP contribution >= 0.6 is 0 Å². The van der Waals surface area contributed by atoms with Crippen molar-refractivity contribution >= 4 is 43.2 Å². The lowest BCUT2D eigenvalue weighted by Crippen LogP contribution is -2.31. The summed E-state index contributed by atoms with van der Waals surface area (Å²) in [6, 6.07) is 12.3. The summed E-state index contributed by atoms with van der Waals surface area (Å²) >= 11 is 0. The zero-order chi connectivity index (χ0) is 32.3. The molecule has 1 aromatic heterocycles. The molecule has 230 valence electrons. The quantitative estimate of drug-likeness (QED) is 0.223. The first-order valence-electron chi connectivity index (χ1n) is 13.2. The molecule has 0 aliphatic rings.